The van der Waals surface area contributed by atoms with E-state index in [1.54, 1.807) is 13.0 Å². The predicted octanol–water partition coefficient (Wildman–Crippen LogP) is 9.01. The fraction of sp³-hybridized carbons (Fsp3) is 0.394. The van der Waals surface area contributed by atoms with Gasteiger partial charge in [-0.05, 0) is 70.1 Å². The second-order valence-electron chi connectivity index (χ2n) is 7.95. The molecule has 1 aromatic carbocycles. The number of hydrogen-bond acceptors (Lipinski definition) is 4. The maximum Gasteiger partial charge on any atom is 0.341 e. The molecule has 1 rings (SSSR count). The Bertz CT molecular complexity index is 952. The summed E-state index contributed by atoms with van der Waals surface area (Å²) < 4.78 is 4.90. The highest BCUT2D eigenvalue weighted by molar-refractivity contribution is 5.96. The molecule has 1 aromatic rings. The number of hydrogen-bond donors (Lipinski definition) is 2. The number of aromatic hydroxyl groups is 1. The van der Waals surface area contributed by atoms with Gasteiger partial charge in [0.05, 0.1) is 6.61 Å². The summed E-state index contributed by atoms with van der Waals surface area (Å²) in [6.45, 7) is 8.04. The summed E-state index contributed by atoms with van der Waals surface area (Å²) in [7, 11) is 0. The van der Waals surface area contributed by atoms with Gasteiger partial charge in [0.1, 0.15) is 11.3 Å². The number of carbonyl (C=O) groups is 2. The molecule has 208 valence electrons. The second-order valence-corrected chi connectivity index (χ2v) is 7.95. The van der Waals surface area contributed by atoms with Crippen molar-refractivity contribution >= 4 is 17.6 Å². The molecule has 0 fully saturated rings. The van der Waals surface area contributed by atoms with Gasteiger partial charge in [0, 0.05) is 12.1 Å². The number of esters is 1. The Morgan fingerprint density at radius 1 is 0.763 bits per heavy atom. The minimum Gasteiger partial charge on any atom is -0.507 e. The van der Waals surface area contributed by atoms with Crippen LogP contribution in [0.2, 0.25) is 0 Å². The van der Waals surface area contributed by atoms with Crippen molar-refractivity contribution in [2.45, 2.75) is 79.1 Å². The number of carbonyl (C=O) groups excluding carboxylic acids is 2. The fourth-order valence-electron chi connectivity index (χ4n) is 3.06. The lowest BCUT2D eigenvalue weighted by Gasteiger charge is -2.08. The van der Waals surface area contributed by atoms with Gasteiger partial charge < -0.3 is 15.2 Å². The van der Waals surface area contributed by atoms with Crippen LogP contribution in [-0.2, 0) is 9.53 Å². The third-order valence-electron chi connectivity index (χ3n) is 4.91. The van der Waals surface area contributed by atoms with Crippen LogP contribution in [-0.4, -0.2) is 23.6 Å². The zero-order valence-corrected chi connectivity index (χ0v) is 23.7. The van der Waals surface area contributed by atoms with E-state index in [1.807, 2.05) is 26.0 Å². The number of nitrogens with one attached hydrogen (secondary N) is 1. The van der Waals surface area contributed by atoms with E-state index in [9.17, 15) is 14.7 Å². The Morgan fingerprint density at radius 2 is 1.24 bits per heavy atom. The smallest absolute Gasteiger partial charge is 0.341 e. The quantitative estimate of drug-likeness (QED) is 0.122. The van der Waals surface area contributed by atoms with E-state index < -0.39 is 5.97 Å². The fourth-order valence-corrected chi connectivity index (χ4v) is 3.06. The minimum atomic E-state index is -0.621. The minimum absolute atomic E-state index is 0.0339. The topological polar surface area (TPSA) is 75.6 Å². The molecule has 0 radical (unpaired) electrons. The van der Waals surface area contributed by atoms with Crippen LogP contribution >= 0.6 is 0 Å². The number of amides is 1. The standard InChI is InChI=1S/C31H41NO4.C2H6/c1-3-5-6-7-8-9-10-11-12-13-14-15-16-17-18-19-20-21-22-23-30(34)32-27-24-25-29(33)28(26-27)31(35)36-4-2;1-2/h5-6,8-9,11-12,14-15,17-18,20-21,24-26,33H,3-4,7,10,13,16,19,22-23H2,1-2H3,(H,32,34);1-2H3/b6-5-,9-8-,12-11-,15-14-,18-17-,21-20-;. The number of anilines is 1. The van der Waals surface area contributed by atoms with Crippen molar-refractivity contribution in [1.82, 2.24) is 0 Å². The molecule has 1 amide bonds. The summed E-state index contributed by atoms with van der Waals surface area (Å²) in [5, 5.41) is 12.5. The Morgan fingerprint density at radius 3 is 1.71 bits per heavy atom. The zero-order chi connectivity index (χ0) is 28.3. The van der Waals surface area contributed by atoms with E-state index in [4.69, 9.17) is 4.74 Å². The molecule has 2 N–H and O–H groups in total. The van der Waals surface area contributed by atoms with Crippen molar-refractivity contribution in [1.29, 1.82) is 0 Å². The number of benzene rings is 1. The van der Waals surface area contributed by atoms with Crippen molar-refractivity contribution in [3.63, 3.8) is 0 Å². The maximum absolute atomic E-state index is 12.1. The van der Waals surface area contributed by atoms with Crippen molar-refractivity contribution in [2.75, 3.05) is 11.9 Å². The molecule has 0 aromatic heterocycles. The van der Waals surface area contributed by atoms with Gasteiger partial charge in [0.2, 0.25) is 5.91 Å². The molecule has 0 bridgehead atoms. The molecule has 0 unspecified atom stereocenters. The highest BCUT2D eigenvalue weighted by atomic mass is 16.5. The van der Waals surface area contributed by atoms with Crippen LogP contribution in [0, 0.1) is 0 Å². The Labute approximate surface area is 230 Å². The Kier molecular flexibility index (Phi) is 22.7. The van der Waals surface area contributed by atoms with Gasteiger partial charge in [-0.3, -0.25) is 4.79 Å². The van der Waals surface area contributed by atoms with E-state index in [2.05, 4.69) is 73.0 Å². The molecular weight excluding hydrogens is 474 g/mol. The lowest BCUT2D eigenvalue weighted by Crippen LogP contribution is -2.12. The van der Waals surface area contributed by atoms with Crippen LogP contribution < -0.4 is 5.32 Å². The molecule has 0 aliphatic rings. The first-order valence-electron chi connectivity index (χ1n) is 13.8. The first-order valence-corrected chi connectivity index (χ1v) is 13.8. The zero-order valence-electron chi connectivity index (χ0n) is 23.7. The summed E-state index contributed by atoms with van der Waals surface area (Å²) in [6.07, 6.45) is 32.5. The van der Waals surface area contributed by atoms with Gasteiger partial charge in [-0.15, -0.1) is 0 Å². The van der Waals surface area contributed by atoms with E-state index in [0.717, 1.165) is 38.5 Å². The van der Waals surface area contributed by atoms with Gasteiger partial charge >= 0.3 is 5.97 Å². The molecule has 0 saturated carbocycles. The average Bonchev–Trinajstić information content (AvgIpc) is 2.92. The number of rotatable bonds is 17. The molecule has 0 atom stereocenters. The summed E-state index contributed by atoms with van der Waals surface area (Å²) in [4.78, 5) is 24.0. The highest BCUT2D eigenvalue weighted by Gasteiger charge is 2.13. The van der Waals surface area contributed by atoms with E-state index in [0.29, 0.717) is 18.5 Å². The monoisotopic (exact) mass is 521 g/mol. The molecule has 0 saturated heterocycles. The number of phenols is 1. The molecule has 38 heavy (non-hydrogen) atoms. The molecule has 5 heteroatoms. The van der Waals surface area contributed by atoms with Gasteiger partial charge in [-0.1, -0.05) is 93.7 Å². The molecule has 5 nitrogen and oxygen atoms in total. The molecule has 0 aliphatic carbocycles. The van der Waals surface area contributed by atoms with Crippen molar-refractivity contribution in [2.24, 2.45) is 0 Å². The Balaban J connectivity index is 0.00000667. The maximum atomic E-state index is 12.1. The summed E-state index contributed by atoms with van der Waals surface area (Å²) in [6, 6.07) is 4.34. The number of phenolic OH excluding ortho intramolecular Hbond substituents is 1. The van der Waals surface area contributed by atoms with E-state index in [-0.39, 0.29) is 23.8 Å². The van der Waals surface area contributed by atoms with E-state index >= 15 is 0 Å². The van der Waals surface area contributed by atoms with Crippen LogP contribution in [0.3, 0.4) is 0 Å². The third-order valence-corrected chi connectivity index (χ3v) is 4.91. The molecular formula is C33H47NO4. The Hall–Kier alpha value is -3.60. The molecule has 0 spiro atoms. The number of ether oxygens (including phenoxy) is 1. The van der Waals surface area contributed by atoms with Crippen LogP contribution in [0.25, 0.3) is 0 Å². The summed E-state index contributed by atoms with van der Waals surface area (Å²) in [5.41, 5.74) is 0.482. The first-order chi connectivity index (χ1) is 18.6. The van der Waals surface area contributed by atoms with Gasteiger partial charge in [-0.25, -0.2) is 4.79 Å². The van der Waals surface area contributed by atoms with E-state index in [1.165, 1.54) is 12.1 Å². The SMILES string of the molecule is CC.CC/C=C\C/C=C\C/C=C\C/C=C\C/C=C\C/C=C\CCC(=O)Nc1ccc(O)c(C(=O)OCC)c1. The van der Waals surface area contributed by atoms with Crippen molar-refractivity contribution in [3.05, 3.63) is 96.7 Å². The third kappa shape index (κ3) is 18.6. The van der Waals surface area contributed by atoms with Gasteiger partial charge in [0.25, 0.3) is 0 Å². The van der Waals surface area contributed by atoms with Gasteiger partial charge in [0.15, 0.2) is 0 Å². The van der Waals surface area contributed by atoms with Crippen molar-refractivity contribution in [3.8, 4) is 5.75 Å². The molecule has 0 aliphatic heterocycles. The van der Waals surface area contributed by atoms with Gasteiger partial charge in [-0.2, -0.15) is 0 Å². The largest absolute Gasteiger partial charge is 0.507 e. The van der Waals surface area contributed by atoms with Crippen LogP contribution in [0.5, 0.6) is 5.75 Å². The molecule has 0 heterocycles. The summed E-state index contributed by atoms with van der Waals surface area (Å²) >= 11 is 0. The van der Waals surface area contributed by atoms with Crippen LogP contribution in [0.15, 0.2) is 91.1 Å². The van der Waals surface area contributed by atoms with Crippen LogP contribution in [0.1, 0.15) is 89.4 Å². The second kappa shape index (κ2) is 25.1. The van der Waals surface area contributed by atoms with Crippen LogP contribution in [0.4, 0.5) is 5.69 Å². The lowest BCUT2D eigenvalue weighted by molar-refractivity contribution is -0.116. The first kappa shape index (κ1) is 34.4. The summed E-state index contributed by atoms with van der Waals surface area (Å²) in [5.74, 6) is -0.955. The number of allylic oxidation sites excluding steroid dienone is 12. The lowest BCUT2D eigenvalue weighted by atomic mass is 10.1. The van der Waals surface area contributed by atoms with Crippen molar-refractivity contribution < 1.29 is 19.4 Å². The highest BCUT2D eigenvalue weighted by Crippen LogP contribution is 2.22. The predicted molar refractivity (Wildman–Crippen MR) is 161 cm³/mol. The normalized spacial score (nSPS) is 11.8. The average molecular weight is 522 g/mol.